The lowest BCUT2D eigenvalue weighted by Crippen LogP contribution is -2.20. The molecule has 0 amide bonds. The van der Waals surface area contributed by atoms with Crippen LogP contribution in [0, 0.1) is 10.1 Å². The zero-order valence-corrected chi connectivity index (χ0v) is 10.7. The summed E-state index contributed by atoms with van der Waals surface area (Å²) in [5, 5.41) is 10.9. The number of aromatic nitrogens is 1. The summed E-state index contributed by atoms with van der Waals surface area (Å²) in [5.41, 5.74) is 1.43. The molecule has 6 heteroatoms. The van der Waals surface area contributed by atoms with E-state index in [9.17, 15) is 10.1 Å². The number of pyridine rings is 1. The summed E-state index contributed by atoms with van der Waals surface area (Å²) in [6.07, 6.45) is 2.78. The summed E-state index contributed by atoms with van der Waals surface area (Å²) in [4.78, 5) is 16.0. The zero-order chi connectivity index (χ0) is 12.3. The van der Waals surface area contributed by atoms with Crippen molar-refractivity contribution in [3.8, 4) is 0 Å². The lowest BCUT2D eigenvalue weighted by atomic mass is 10.2. The van der Waals surface area contributed by atoms with E-state index in [4.69, 9.17) is 0 Å². The van der Waals surface area contributed by atoms with Crippen molar-refractivity contribution in [2.75, 3.05) is 18.5 Å². The molecular formula is C10H12BrN3O2. The number of rotatable bonds is 4. The fraction of sp³-hybridized carbons (Fsp3) is 0.300. The summed E-state index contributed by atoms with van der Waals surface area (Å²) in [6, 6.07) is 0. The fourth-order valence-corrected chi connectivity index (χ4v) is 2.04. The second kappa shape index (κ2) is 5.07. The number of nitro groups is 1. The lowest BCUT2D eigenvalue weighted by molar-refractivity contribution is -0.384. The van der Waals surface area contributed by atoms with Gasteiger partial charge in [-0.3, -0.25) is 15.1 Å². The molecule has 0 atom stereocenters. The Morgan fingerprint density at radius 1 is 1.69 bits per heavy atom. The zero-order valence-electron chi connectivity index (χ0n) is 9.11. The summed E-state index contributed by atoms with van der Waals surface area (Å²) in [7, 11) is 1.78. The van der Waals surface area contributed by atoms with Crippen LogP contribution in [0.25, 0.3) is 0 Å². The van der Waals surface area contributed by atoms with E-state index in [2.05, 4.69) is 27.5 Å². The van der Waals surface area contributed by atoms with Crippen molar-refractivity contribution in [2.45, 2.75) is 6.92 Å². The maximum atomic E-state index is 10.9. The molecule has 1 rings (SSSR count). The fourth-order valence-electron chi connectivity index (χ4n) is 1.41. The molecule has 0 aliphatic carbocycles. The molecule has 0 N–H and O–H groups in total. The van der Waals surface area contributed by atoms with Gasteiger partial charge in [0.05, 0.1) is 9.40 Å². The van der Waals surface area contributed by atoms with Crippen LogP contribution in [0.3, 0.4) is 0 Å². The average Bonchev–Trinajstić information content (AvgIpc) is 2.15. The monoisotopic (exact) mass is 285 g/mol. The Balaban J connectivity index is 3.19. The Kier molecular flexibility index (Phi) is 4.00. The first-order valence-corrected chi connectivity index (χ1v) is 5.36. The molecule has 0 aliphatic rings. The Morgan fingerprint density at radius 2 is 2.31 bits per heavy atom. The quantitative estimate of drug-likeness (QED) is 0.485. The molecule has 0 saturated carbocycles. The second-order valence-corrected chi connectivity index (χ2v) is 4.41. The lowest BCUT2D eigenvalue weighted by Gasteiger charge is -2.20. The maximum Gasteiger partial charge on any atom is 0.311 e. The van der Waals surface area contributed by atoms with Gasteiger partial charge >= 0.3 is 5.69 Å². The molecule has 0 unspecified atom stereocenters. The van der Waals surface area contributed by atoms with Gasteiger partial charge in [0, 0.05) is 19.8 Å². The van der Waals surface area contributed by atoms with Crippen LogP contribution >= 0.6 is 15.9 Å². The van der Waals surface area contributed by atoms with Crippen molar-refractivity contribution in [3.63, 3.8) is 0 Å². The van der Waals surface area contributed by atoms with Crippen molar-refractivity contribution in [1.29, 1.82) is 0 Å². The van der Waals surface area contributed by atoms with Crippen LogP contribution in [0.4, 0.5) is 11.4 Å². The molecule has 1 heterocycles. The van der Waals surface area contributed by atoms with Crippen LogP contribution < -0.4 is 4.90 Å². The Morgan fingerprint density at radius 3 is 2.81 bits per heavy atom. The number of halogens is 1. The van der Waals surface area contributed by atoms with E-state index >= 15 is 0 Å². The highest BCUT2D eigenvalue weighted by Crippen LogP contribution is 2.33. The molecule has 16 heavy (non-hydrogen) atoms. The predicted octanol–water partition coefficient (Wildman–Crippen LogP) is 2.76. The summed E-state index contributed by atoms with van der Waals surface area (Å²) in [5.74, 6) is 0. The molecule has 0 spiro atoms. The molecule has 0 aromatic carbocycles. The van der Waals surface area contributed by atoms with E-state index < -0.39 is 4.92 Å². The van der Waals surface area contributed by atoms with Crippen molar-refractivity contribution in [3.05, 3.63) is 39.1 Å². The third-order valence-electron chi connectivity index (χ3n) is 1.94. The molecule has 86 valence electrons. The number of likely N-dealkylation sites (N-methyl/N-ethyl adjacent to an activating group) is 1. The third-order valence-corrected chi connectivity index (χ3v) is 2.52. The highest BCUT2D eigenvalue weighted by Gasteiger charge is 2.20. The van der Waals surface area contributed by atoms with E-state index in [1.54, 1.807) is 11.9 Å². The number of hydrogen-bond acceptors (Lipinski definition) is 4. The van der Waals surface area contributed by atoms with Crippen LogP contribution in [0.1, 0.15) is 6.92 Å². The Labute approximate surface area is 102 Å². The van der Waals surface area contributed by atoms with Gasteiger partial charge in [0.2, 0.25) is 0 Å². The Hall–Kier alpha value is -1.43. The standard InChI is InChI=1S/C10H12BrN3O2/c1-7(2)6-13(3)10-8(11)4-12-5-9(10)14(15)16/h4-5H,1,6H2,2-3H3. The summed E-state index contributed by atoms with van der Waals surface area (Å²) in [6.45, 7) is 6.21. The van der Waals surface area contributed by atoms with Crippen molar-refractivity contribution in [1.82, 2.24) is 4.98 Å². The van der Waals surface area contributed by atoms with Crippen molar-refractivity contribution >= 4 is 27.3 Å². The minimum atomic E-state index is -0.442. The topological polar surface area (TPSA) is 59.3 Å². The summed E-state index contributed by atoms with van der Waals surface area (Å²) >= 11 is 3.27. The van der Waals surface area contributed by atoms with Crippen LogP contribution in [0.2, 0.25) is 0 Å². The van der Waals surface area contributed by atoms with E-state index in [1.165, 1.54) is 12.4 Å². The van der Waals surface area contributed by atoms with Crippen molar-refractivity contribution in [2.24, 2.45) is 0 Å². The molecule has 0 radical (unpaired) electrons. The first kappa shape index (κ1) is 12.6. The van der Waals surface area contributed by atoms with Gasteiger partial charge in [-0.25, -0.2) is 0 Å². The van der Waals surface area contributed by atoms with Gasteiger partial charge in [0.15, 0.2) is 0 Å². The largest absolute Gasteiger partial charge is 0.364 e. The van der Waals surface area contributed by atoms with E-state index in [0.717, 1.165) is 5.57 Å². The van der Waals surface area contributed by atoms with Gasteiger partial charge in [0.25, 0.3) is 0 Å². The first-order valence-electron chi connectivity index (χ1n) is 4.57. The van der Waals surface area contributed by atoms with Gasteiger partial charge in [0.1, 0.15) is 11.9 Å². The highest BCUT2D eigenvalue weighted by atomic mass is 79.9. The van der Waals surface area contributed by atoms with Gasteiger partial charge in [-0.05, 0) is 22.9 Å². The highest BCUT2D eigenvalue weighted by molar-refractivity contribution is 9.10. The SMILES string of the molecule is C=C(C)CN(C)c1c(Br)cncc1[N+](=O)[O-]. The Bertz CT molecular complexity index is 434. The molecule has 5 nitrogen and oxygen atoms in total. The normalized spacial score (nSPS) is 9.94. The van der Waals surface area contributed by atoms with Gasteiger partial charge in [-0.15, -0.1) is 0 Å². The van der Waals surface area contributed by atoms with Gasteiger partial charge in [-0.2, -0.15) is 0 Å². The van der Waals surface area contributed by atoms with E-state index in [0.29, 0.717) is 16.7 Å². The number of hydrogen-bond donors (Lipinski definition) is 0. The van der Waals surface area contributed by atoms with Crippen LogP contribution in [0.5, 0.6) is 0 Å². The first-order chi connectivity index (χ1) is 7.43. The van der Waals surface area contributed by atoms with Gasteiger partial charge < -0.3 is 4.90 Å². The molecule has 1 aromatic heterocycles. The molecule has 0 aliphatic heterocycles. The number of nitrogens with zero attached hydrogens (tertiary/aromatic N) is 3. The summed E-state index contributed by atoms with van der Waals surface area (Å²) < 4.78 is 0.602. The predicted molar refractivity (Wildman–Crippen MR) is 66.7 cm³/mol. The van der Waals surface area contributed by atoms with Crippen molar-refractivity contribution < 1.29 is 4.92 Å². The van der Waals surface area contributed by atoms with E-state index in [1.807, 2.05) is 6.92 Å². The molecular weight excluding hydrogens is 274 g/mol. The maximum absolute atomic E-state index is 10.9. The smallest absolute Gasteiger partial charge is 0.311 e. The van der Waals surface area contributed by atoms with Crippen LogP contribution in [-0.4, -0.2) is 23.5 Å². The minimum absolute atomic E-state index is 0.0156. The number of anilines is 1. The van der Waals surface area contributed by atoms with E-state index in [-0.39, 0.29) is 5.69 Å². The minimum Gasteiger partial charge on any atom is -0.364 e. The second-order valence-electron chi connectivity index (χ2n) is 3.56. The van der Waals surface area contributed by atoms with Gasteiger partial charge in [-0.1, -0.05) is 12.2 Å². The third kappa shape index (κ3) is 2.79. The van der Waals surface area contributed by atoms with Crippen LogP contribution in [-0.2, 0) is 0 Å². The molecule has 0 bridgehead atoms. The average molecular weight is 286 g/mol. The van der Waals surface area contributed by atoms with Crippen LogP contribution in [0.15, 0.2) is 29.0 Å². The molecule has 0 fully saturated rings. The molecule has 0 saturated heterocycles. The molecule has 1 aromatic rings.